The maximum Gasteiger partial charge on any atom is 0.254 e. The fraction of sp³-hybridized carbons (Fsp3) is 0.308. The molecular weight excluding hydrogens is 200 g/mol. The Labute approximate surface area is 94.5 Å². The SMILES string of the molecule is CCn1c(=O)c(CCN)cc2ccccc21. The molecule has 3 nitrogen and oxygen atoms in total. The molecule has 0 radical (unpaired) electrons. The third-order valence-corrected chi connectivity index (χ3v) is 2.81. The van der Waals surface area contributed by atoms with Gasteiger partial charge in [0.05, 0.1) is 5.52 Å². The summed E-state index contributed by atoms with van der Waals surface area (Å²) in [5.41, 5.74) is 7.41. The number of para-hydroxylation sites is 1. The van der Waals surface area contributed by atoms with E-state index < -0.39 is 0 Å². The summed E-state index contributed by atoms with van der Waals surface area (Å²) >= 11 is 0. The van der Waals surface area contributed by atoms with Crippen molar-refractivity contribution >= 4 is 10.9 Å². The molecule has 1 aromatic heterocycles. The van der Waals surface area contributed by atoms with E-state index in [2.05, 4.69) is 0 Å². The molecule has 16 heavy (non-hydrogen) atoms. The highest BCUT2D eigenvalue weighted by Crippen LogP contribution is 2.13. The van der Waals surface area contributed by atoms with Crippen molar-refractivity contribution < 1.29 is 0 Å². The first kappa shape index (κ1) is 10.9. The Hall–Kier alpha value is -1.61. The van der Waals surface area contributed by atoms with Gasteiger partial charge in [-0.3, -0.25) is 4.79 Å². The lowest BCUT2D eigenvalue weighted by molar-refractivity contribution is 0.744. The van der Waals surface area contributed by atoms with Crippen molar-refractivity contribution in [3.63, 3.8) is 0 Å². The Morgan fingerprint density at radius 1 is 1.31 bits per heavy atom. The van der Waals surface area contributed by atoms with Crippen LogP contribution in [0.3, 0.4) is 0 Å². The Kier molecular flexibility index (Phi) is 3.06. The van der Waals surface area contributed by atoms with Crippen LogP contribution in [-0.4, -0.2) is 11.1 Å². The zero-order chi connectivity index (χ0) is 11.5. The van der Waals surface area contributed by atoms with Gasteiger partial charge in [0.2, 0.25) is 0 Å². The quantitative estimate of drug-likeness (QED) is 0.845. The summed E-state index contributed by atoms with van der Waals surface area (Å²) in [6.07, 6.45) is 0.643. The summed E-state index contributed by atoms with van der Waals surface area (Å²) in [7, 11) is 0. The molecule has 0 saturated heterocycles. The van der Waals surface area contributed by atoms with Crippen LogP contribution in [0.2, 0.25) is 0 Å². The molecule has 84 valence electrons. The molecule has 0 aliphatic rings. The van der Waals surface area contributed by atoms with Crippen LogP contribution in [0.15, 0.2) is 35.1 Å². The van der Waals surface area contributed by atoms with E-state index in [0.29, 0.717) is 19.5 Å². The molecule has 3 heteroatoms. The second-order valence-electron chi connectivity index (χ2n) is 3.82. The third-order valence-electron chi connectivity index (χ3n) is 2.81. The molecule has 2 rings (SSSR count). The number of aromatic nitrogens is 1. The lowest BCUT2D eigenvalue weighted by atomic mass is 10.1. The lowest BCUT2D eigenvalue weighted by Crippen LogP contribution is -2.24. The summed E-state index contributed by atoms with van der Waals surface area (Å²) in [6, 6.07) is 9.90. The van der Waals surface area contributed by atoms with Gasteiger partial charge in [0.1, 0.15) is 0 Å². The van der Waals surface area contributed by atoms with E-state index in [-0.39, 0.29) is 5.56 Å². The number of hydrogen-bond acceptors (Lipinski definition) is 2. The van der Waals surface area contributed by atoms with E-state index in [0.717, 1.165) is 16.5 Å². The fourth-order valence-electron chi connectivity index (χ4n) is 2.04. The standard InChI is InChI=1S/C13H16N2O/c1-2-15-12-6-4-3-5-10(12)9-11(7-8-14)13(15)16/h3-6,9H,2,7-8,14H2,1H3. The number of aryl methyl sites for hydroxylation is 1. The van der Waals surface area contributed by atoms with Crippen LogP contribution in [0.25, 0.3) is 10.9 Å². The largest absolute Gasteiger partial charge is 0.330 e. The van der Waals surface area contributed by atoms with Crippen molar-refractivity contribution in [2.75, 3.05) is 6.54 Å². The average Bonchev–Trinajstić information content (AvgIpc) is 2.31. The molecule has 0 fully saturated rings. The Morgan fingerprint density at radius 3 is 2.75 bits per heavy atom. The van der Waals surface area contributed by atoms with Crippen LogP contribution in [0.5, 0.6) is 0 Å². The number of rotatable bonds is 3. The zero-order valence-corrected chi connectivity index (χ0v) is 9.44. The highest BCUT2D eigenvalue weighted by Gasteiger charge is 2.06. The highest BCUT2D eigenvalue weighted by molar-refractivity contribution is 5.79. The average molecular weight is 216 g/mol. The Balaban J connectivity index is 2.77. The first-order valence-electron chi connectivity index (χ1n) is 5.59. The third kappa shape index (κ3) is 1.74. The van der Waals surface area contributed by atoms with Gasteiger partial charge in [-0.2, -0.15) is 0 Å². The van der Waals surface area contributed by atoms with E-state index in [9.17, 15) is 4.79 Å². The van der Waals surface area contributed by atoms with Crippen LogP contribution in [0, 0.1) is 0 Å². The molecule has 0 saturated carbocycles. The molecule has 2 N–H and O–H groups in total. The van der Waals surface area contributed by atoms with Gasteiger partial charge in [0.15, 0.2) is 0 Å². The van der Waals surface area contributed by atoms with Gasteiger partial charge in [0, 0.05) is 12.1 Å². The summed E-state index contributed by atoms with van der Waals surface area (Å²) in [4.78, 5) is 12.1. The van der Waals surface area contributed by atoms with E-state index in [4.69, 9.17) is 5.73 Å². The number of nitrogens with two attached hydrogens (primary N) is 1. The van der Waals surface area contributed by atoms with Gasteiger partial charge in [-0.25, -0.2) is 0 Å². The van der Waals surface area contributed by atoms with Crippen molar-refractivity contribution in [3.8, 4) is 0 Å². The van der Waals surface area contributed by atoms with E-state index >= 15 is 0 Å². The van der Waals surface area contributed by atoms with Crippen LogP contribution in [0.4, 0.5) is 0 Å². The molecule has 0 amide bonds. The molecule has 1 aromatic carbocycles. The molecule has 0 bridgehead atoms. The monoisotopic (exact) mass is 216 g/mol. The molecule has 0 spiro atoms. The minimum Gasteiger partial charge on any atom is -0.330 e. The summed E-state index contributed by atoms with van der Waals surface area (Å²) in [5, 5.41) is 1.10. The van der Waals surface area contributed by atoms with Gasteiger partial charge in [-0.05, 0) is 37.4 Å². The number of fused-ring (bicyclic) bond motifs is 1. The first-order chi connectivity index (χ1) is 7.77. The predicted octanol–water partition coefficient (Wildman–Crippen LogP) is 1.52. The molecule has 0 aliphatic carbocycles. The maximum absolute atomic E-state index is 12.1. The Bertz CT molecular complexity index is 557. The lowest BCUT2D eigenvalue weighted by Gasteiger charge is -2.10. The normalized spacial score (nSPS) is 10.9. The molecule has 0 atom stereocenters. The van der Waals surface area contributed by atoms with Gasteiger partial charge in [0.25, 0.3) is 5.56 Å². The second kappa shape index (κ2) is 4.49. The van der Waals surface area contributed by atoms with E-state index in [1.54, 1.807) is 4.57 Å². The van der Waals surface area contributed by atoms with Crippen molar-refractivity contribution in [2.24, 2.45) is 5.73 Å². The molecule has 2 aromatic rings. The topological polar surface area (TPSA) is 48.0 Å². The van der Waals surface area contributed by atoms with Crippen LogP contribution < -0.4 is 11.3 Å². The first-order valence-corrected chi connectivity index (χ1v) is 5.59. The van der Waals surface area contributed by atoms with Crippen LogP contribution in [-0.2, 0) is 13.0 Å². The highest BCUT2D eigenvalue weighted by atomic mass is 16.1. The van der Waals surface area contributed by atoms with Gasteiger partial charge >= 0.3 is 0 Å². The van der Waals surface area contributed by atoms with Gasteiger partial charge < -0.3 is 10.3 Å². The number of benzene rings is 1. The number of nitrogens with zero attached hydrogens (tertiary/aromatic N) is 1. The fourth-order valence-corrected chi connectivity index (χ4v) is 2.04. The van der Waals surface area contributed by atoms with E-state index in [1.165, 1.54) is 0 Å². The van der Waals surface area contributed by atoms with Crippen molar-refractivity contribution in [1.82, 2.24) is 4.57 Å². The molecule has 1 heterocycles. The molecule has 0 unspecified atom stereocenters. The van der Waals surface area contributed by atoms with Gasteiger partial charge in [-0.15, -0.1) is 0 Å². The van der Waals surface area contributed by atoms with E-state index in [1.807, 2.05) is 37.3 Å². The number of pyridine rings is 1. The molecule has 0 aliphatic heterocycles. The zero-order valence-electron chi connectivity index (χ0n) is 9.44. The second-order valence-corrected chi connectivity index (χ2v) is 3.82. The van der Waals surface area contributed by atoms with Crippen molar-refractivity contribution in [1.29, 1.82) is 0 Å². The van der Waals surface area contributed by atoms with Gasteiger partial charge in [-0.1, -0.05) is 18.2 Å². The number of hydrogen-bond donors (Lipinski definition) is 1. The summed E-state index contributed by atoms with van der Waals surface area (Å²) < 4.78 is 1.81. The Morgan fingerprint density at radius 2 is 2.06 bits per heavy atom. The maximum atomic E-state index is 12.1. The molecular formula is C13H16N2O. The van der Waals surface area contributed by atoms with Crippen molar-refractivity contribution in [3.05, 3.63) is 46.2 Å². The summed E-state index contributed by atoms with van der Waals surface area (Å²) in [5.74, 6) is 0. The minimum atomic E-state index is 0.0895. The minimum absolute atomic E-state index is 0.0895. The van der Waals surface area contributed by atoms with Crippen LogP contribution in [0.1, 0.15) is 12.5 Å². The van der Waals surface area contributed by atoms with Crippen LogP contribution >= 0.6 is 0 Å². The predicted molar refractivity (Wildman–Crippen MR) is 66.6 cm³/mol. The summed E-state index contributed by atoms with van der Waals surface area (Å²) in [6.45, 7) is 3.19. The van der Waals surface area contributed by atoms with Crippen molar-refractivity contribution in [2.45, 2.75) is 19.9 Å². The smallest absolute Gasteiger partial charge is 0.254 e.